The number of nitrogens with zero attached hydrogens (tertiary/aromatic N) is 1. The van der Waals surface area contributed by atoms with E-state index in [-0.39, 0.29) is 5.91 Å². The average Bonchev–Trinajstić information content (AvgIpc) is 2.44. The predicted octanol–water partition coefficient (Wildman–Crippen LogP) is 2.04. The standard InChI is InChI=1S/C16H25N3O3/c1-16(2,3)19-15(21)22-13(14(20)17-4)7-5-6-12-8-10-18-11-9-12/h8-11,13H,5-7H2,1-4H3,(H,17,20)(H,19,21)/t13-/m0/s1. The number of amides is 2. The molecule has 0 radical (unpaired) electrons. The van der Waals surface area contributed by atoms with E-state index in [1.165, 1.54) is 7.05 Å². The van der Waals surface area contributed by atoms with Crippen LogP contribution in [-0.2, 0) is 16.0 Å². The van der Waals surface area contributed by atoms with Gasteiger partial charge in [0.15, 0.2) is 6.10 Å². The van der Waals surface area contributed by atoms with Gasteiger partial charge in [-0.3, -0.25) is 9.78 Å². The molecule has 2 amide bonds. The van der Waals surface area contributed by atoms with Crippen LogP contribution in [0.5, 0.6) is 0 Å². The molecule has 0 aliphatic rings. The van der Waals surface area contributed by atoms with Crippen molar-refractivity contribution in [2.75, 3.05) is 7.05 Å². The summed E-state index contributed by atoms with van der Waals surface area (Å²) in [5.41, 5.74) is 0.742. The van der Waals surface area contributed by atoms with Crippen LogP contribution < -0.4 is 10.6 Å². The van der Waals surface area contributed by atoms with E-state index < -0.39 is 17.7 Å². The van der Waals surface area contributed by atoms with Crippen molar-refractivity contribution >= 4 is 12.0 Å². The molecule has 1 aromatic heterocycles. The molecular weight excluding hydrogens is 282 g/mol. The smallest absolute Gasteiger partial charge is 0.408 e. The number of carbonyl (C=O) groups is 2. The van der Waals surface area contributed by atoms with Crippen LogP contribution >= 0.6 is 0 Å². The maximum atomic E-state index is 11.8. The first-order valence-electron chi connectivity index (χ1n) is 7.41. The third-order valence-electron chi connectivity index (χ3n) is 2.95. The second-order valence-corrected chi connectivity index (χ2v) is 6.13. The Morgan fingerprint density at radius 1 is 1.27 bits per heavy atom. The molecule has 2 N–H and O–H groups in total. The molecule has 0 unspecified atom stereocenters. The van der Waals surface area contributed by atoms with Gasteiger partial charge >= 0.3 is 6.09 Å². The van der Waals surface area contributed by atoms with Gasteiger partial charge in [-0.05, 0) is 57.7 Å². The Morgan fingerprint density at radius 2 is 1.91 bits per heavy atom. The lowest BCUT2D eigenvalue weighted by molar-refractivity contribution is -0.129. The summed E-state index contributed by atoms with van der Waals surface area (Å²) in [6, 6.07) is 3.87. The van der Waals surface area contributed by atoms with Crippen molar-refractivity contribution in [2.45, 2.75) is 51.7 Å². The van der Waals surface area contributed by atoms with Crippen LogP contribution in [0.2, 0.25) is 0 Å². The summed E-state index contributed by atoms with van der Waals surface area (Å²) < 4.78 is 5.24. The normalized spacial score (nSPS) is 12.4. The van der Waals surface area contributed by atoms with Gasteiger partial charge in [0.1, 0.15) is 0 Å². The molecule has 0 fully saturated rings. The lowest BCUT2D eigenvalue weighted by atomic mass is 10.1. The molecule has 1 heterocycles. The van der Waals surface area contributed by atoms with Gasteiger partial charge in [0.05, 0.1) is 0 Å². The van der Waals surface area contributed by atoms with Crippen molar-refractivity contribution < 1.29 is 14.3 Å². The van der Waals surface area contributed by atoms with Crippen molar-refractivity contribution in [1.29, 1.82) is 0 Å². The third kappa shape index (κ3) is 7.06. The highest BCUT2D eigenvalue weighted by molar-refractivity contribution is 5.83. The van der Waals surface area contributed by atoms with Gasteiger partial charge in [0.2, 0.25) is 0 Å². The van der Waals surface area contributed by atoms with Crippen molar-refractivity contribution in [2.24, 2.45) is 0 Å². The van der Waals surface area contributed by atoms with Crippen molar-refractivity contribution in [3.8, 4) is 0 Å². The molecule has 0 spiro atoms. The minimum absolute atomic E-state index is 0.293. The number of alkyl carbamates (subject to hydrolysis) is 1. The summed E-state index contributed by atoms with van der Waals surface area (Å²) in [7, 11) is 1.53. The molecule has 6 heteroatoms. The Labute approximate surface area is 131 Å². The number of carbonyl (C=O) groups excluding carboxylic acids is 2. The number of hydrogen-bond acceptors (Lipinski definition) is 4. The number of pyridine rings is 1. The second kappa shape index (κ2) is 8.36. The van der Waals surface area contributed by atoms with Gasteiger partial charge in [-0.25, -0.2) is 4.79 Å². The quantitative estimate of drug-likeness (QED) is 0.843. The Morgan fingerprint density at radius 3 is 2.45 bits per heavy atom. The topological polar surface area (TPSA) is 80.3 Å². The maximum absolute atomic E-state index is 11.8. The first-order valence-corrected chi connectivity index (χ1v) is 7.41. The fraction of sp³-hybridized carbons (Fsp3) is 0.562. The van der Waals surface area contributed by atoms with Gasteiger partial charge in [-0.1, -0.05) is 0 Å². The molecule has 0 aliphatic heterocycles. The molecule has 1 aromatic rings. The Bertz CT molecular complexity index is 483. The van der Waals surface area contributed by atoms with Gasteiger partial charge in [0, 0.05) is 25.0 Å². The average molecular weight is 307 g/mol. The lowest BCUT2D eigenvalue weighted by Gasteiger charge is -2.23. The summed E-state index contributed by atoms with van der Waals surface area (Å²) in [5, 5.41) is 5.22. The number of hydrogen-bond donors (Lipinski definition) is 2. The summed E-state index contributed by atoms with van der Waals surface area (Å²) in [6.45, 7) is 5.56. The molecule has 0 aliphatic carbocycles. The zero-order chi connectivity index (χ0) is 16.6. The van der Waals surface area contributed by atoms with Crippen molar-refractivity contribution in [3.63, 3.8) is 0 Å². The fourth-order valence-electron chi connectivity index (χ4n) is 1.91. The van der Waals surface area contributed by atoms with E-state index in [0.717, 1.165) is 18.4 Å². The van der Waals surface area contributed by atoms with Crippen LogP contribution in [-0.4, -0.2) is 35.7 Å². The van der Waals surface area contributed by atoms with Crippen LogP contribution in [0.3, 0.4) is 0 Å². The fourth-order valence-corrected chi connectivity index (χ4v) is 1.91. The molecule has 122 valence electrons. The highest BCUT2D eigenvalue weighted by atomic mass is 16.6. The first kappa shape index (κ1) is 17.9. The van der Waals surface area contributed by atoms with Gasteiger partial charge in [0.25, 0.3) is 5.91 Å². The van der Waals surface area contributed by atoms with Crippen LogP contribution in [0.15, 0.2) is 24.5 Å². The minimum atomic E-state index is -0.783. The number of aromatic nitrogens is 1. The molecule has 0 saturated heterocycles. The largest absolute Gasteiger partial charge is 0.436 e. The summed E-state index contributed by atoms with van der Waals surface area (Å²) in [6.07, 6.45) is 4.13. The van der Waals surface area contributed by atoms with E-state index in [1.54, 1.807) is 12.4 Å². The highest BCUT2D eigenvalue weighted by Gasteiger charge is 2.23. The number of nitrogens with one attached hydrogen (secondary N) is 2. The summed E-state index contributed by atoms with van der Waals surface area (Å²) in [4.78, 5) is 27.6. The third-order valence-corrected chi connectivity index (χ3v) is 2.95. The van der Waals surface area contributed by atoms with Crippen LogP contribution in [0, 0.1) is 0 Å². The van der Waals surface area contributed by atoms with Crippen LogP contribution in [0.25, 0.3) is 0 Å². The molecule has 1 rings (SSSR count). The zero-order valence-electron chi connectivity index (χ0n) is 13.7. The van der Waals surface area contributed by atoms with E-state index in [1.807, 2.05) is 32.9 Å². The van der Waals surface area contributed by atoms with Crippen molar-refractivity contribution in [3.05, 3.63) is 30.1 Å². The summed E-state index contributed by atoms with van der Waals surface area (Å²) >= 11 is 0. The second-order valence-electron chi connectivity index (χ2n) is 6.13. The SMILES string of the molecule is CNC(=O)[C@H](CCCc1ccncc1)OC(=O)NC(C)(C)C. The lowest BCUT2D eigenvalue weighted by Crippen LogP contribution is -2.45. The van der Waals surface area contributed by atoms with Gasteiger partial charge < -0.3 is 15.4 Å². The maximum Gasteiger partial charge on any atom is 0.408 e. The Balaban J connectivity index is 2.50. The van der Waals surface area contributed by atoms with E-state index in [4.69, 9.17) is 4.74 Å². The van der Waals surface area contributed by atoms with E-state index in [0.29, 0.717) is 6.42 Å². The van der Waals surface area contributed by atoms with E-state index in [2.05, 4.69) is 15.6 Å². The minimum Gasteiger partial charge on any atom is -0.436 e. The summed E-state index contributed by atoms with van der Waals surface area (Å²) in [5.74, 6) is -0.293. The molecule has 0 saturated carbocycles. The monoisotopic (exact) mass is 307 g/mol. The number of aryl methyl sites for hydroxylation is 1. The van der Waals surface area contributed by atoms with Gasteiger partial charge in [-0.15, -0.1) is 0 Å². The first-order chi connectivity index (χ1) is 10.3. The van der Waals surface area contributed by atoms with Crippen LogP contribution in [0.4, 0.5) is 4.79 Å². The van der Waals surface area contributed by atoms with E-state index >= 15 is 0 Å². The Hall–Kier alpha value is -2.11. The molecule has 6 nitrogen and oxygen atoms in total. The zero-order valence-corrected chi connectivity index (χ0v) is 13.7. The molecular formula is C16H25N3O3. The van der Waals surface area contributed by atoms with Gasteiger partial charge in [-0.2, -0.15) is 0 Å². The number of ether oxygens (including phenoxy) is 1. The molecule has 0 bridgehead atoms. The van der Waals surface area contributed by atoms with Crippen molar-refractivity contribution in [1.82, 2.24) is 15.6 Å². The molecule has 1 atom stereocenters. The molecule has 0 aromatic carbocycles. The highest BCUT2D eigenvalue weighted by Crippen LogP contribution is 2.10. The van der Waals surface area contributed by atoms with Crippen LogP contribution in [0.1, 0.15) is 39.2 Å². The number of likely N-dealkylation sites (N-methyl/N-ethyl adjacent to an activating group) is 1. The molecule has 22 heavy (non-hydrogen) atoms. The number of rotatable bonds is 6. The van der Waals surface area contributed by atoms with E-state index in [9.17, 15) is 9.59 Å². The Kier molecular flexibility index (Phi) is 6.82. The predicted molar refractivity (Wildman–Crippen MR) is 84.4 cm³/mol.